The monoisotopic (exact) mass is 190 g/mol. The van der Waals surface area contributed by atoms with E-state index in [1.54, 1.807) is 12.1 Å². The summed E-state index contributed by atoms with van der Waals surface area (Å²) in [5.41, 5.74) is 2.34. The number of carbonyl (C=O) groups excluding carboxylic acids is 1. The van der Waals surface area contributed by atoms with Crippen molar-refractivity contribution in [1.82, 2.24) is 0 Å². The van der Waals surface area contributed by atoms with Gasteiger partial charge in [-0.2, -0.15) is 0 Å². The minimum absolute atomic E-state index is 0.172. The van der Waals surface area contributed by atoms with E-state index in [9.17, 15) is 4.79 Å². The SMILES string of the molecule is O=C1CCc2cccc(B(O)O)c2C1. The summed E-state index contributed by atoms with van der Waals surface area (Å²) in [5, 5.41) is 18.2. The molecule has 0 amide bonds. The number of hydrogen-bond acceptors (Lipinski definition) is 3. The number of ketones is 1. The van der Waals surface area contributed by atoms with Crippen molar-refractivity contribution in [2.45, 2.75) is 19.3 Å². The largest absolute Gasteiger partial charge is 0.488 e. The van der Waals surface area contributed by atoms with Crippen LogP contribution in [-0.4, -0.2) is 22.9 Å². The van der Waals surface area contributed by atoms with Crippen molar-refractivity contribution in [3.8, 4) is 0 Å². The van der Waals surface area contributed by atoms with Gasteiger partial charge in [0.25, 0.3) is 0 Å². The van der Waals surface area contributed by atoms with Gasteiger partial charge in [-0.05, 0) is 23.0 Å². The van der Waals surface area contributed by atoms with Gasteiger partial charge < -0.3 is 10.0 Å². The molecule has 0 aromatic heterocycles. The quantitative estimate of drug-likeness (QED) is 0.582. The molecule has 1 aliphatic carbocycles. The molecule has 0 saturated carbocycles. The van der Waals surface area contributed by atoms with Crippen LogP contribution in [0.2, 0.25) is 0 Å². The van der Waals surface area contributed by atoms with Gasteiger partial charge in [-0.25, -0.2) is 0 Å². The predicted octanol–water partition coefficient (Wildman–Crippen LogP) is -0.576. The Kier molecular flexibility index (Phi) is 2.39. The molecule has 14 heavy (non-hydrogen) atoms. The fourth-order valence-electron chi connectivity index (χ4n) is 1.91. The van der Waals surface area contributed by atoms with Crippen LogP contribution in [0, 0.1) is 0 Å². The first-order valence-corrected chi connectivity index (χ1v) is 4.67. The third-order valence-corrected chi connectivity index (χ3v) is 2.63. The molecule has 0 bridgehead atoms. The number of hydrogen-bond donors (Lipinski definition) is 2. The summed E-state index contributed by atoms with van der Waals surface area (Å²) < 4.78 is 0. The van der Waals surface area contributed by atoms with E-state index in [4.69, 9.17) is 10.0 Å². The fourth-order valence-corrected chi connectivity index (χ4v) is 1.91. The molecule has 2 rings (SSSR count). The Morgan fingerprint density at radius 1 is 1.21 bits per heavy atom. The first-order valence-electron chi connectivity index (χ1n) is 4.67. The van der Waals surface area contributed by atoms with Gasteiger partial charge in [0.1, 0.15) is 5.78 Å². The van der Waals surface area contributed by atoms with E-state index in [1.807, 2.05) is 6.07 Å². The van der Waals surface area contributed by atoms with E-state index < -0.39 is 7.12 Å². The minimum atomic E-state index is -1.48. The van der Waals surface area contributed by atoms with Crippen LogP contribution in [0.4, 0.5) is 0 Å². The number of fused-ring (bicyclic) bond motifs is 1. The van der Waals surface area contributed by atoms with Crippen LogP contribution in [0.3, 0.4) is 0 Å². The summed E-state index contributed by atoms with van der Waals surface area (Å²) in [5.74, 6) is 0.172. The Labute approximate surface area is 82.5 Å². The summed E-state index contributed by atoms with van der Waals surface area (Å²) in [4.78, 5) is 11.2. The maximum atomic E-state index is 11.2. The van der Waals surface area contributed by atoms with E-state index in [0.29, 0.717) is 24.7 Å². The van der Waals surface area contributed by atoms with Crippen LogP contribution in [0.15, 0.2) is 18.2 Å². The summed E-state index contributed by atoms with van der Waals surface area (Å²) in [6, 6.07) is 5.39. The van der Waals surface area contributed by atoms with Crippen molar-refractivity contribution in [3.63, 3.8) is 0 Å². The van der Waals surface area contributed by atoms with Crippen LogP contribution in [0.5, 0.6) is 0 Å². The molecular formula is C10H11BO3. The van der Waals surface area contributed by atoms with Gasteiger partial charge >= 0.3 is 7.12 Å². The van der Waals surface area contributed by atoms with E-state index in [1.165, 1.54) is 0 Å². The maximum Gasteiger partial charge on any atom is 0.488 e. The average Bonchev–Trinajstić information content (AvgIpc) is 2.16. The smallest absolute Gasteiger partial charge is 0.423 e. The summed E-state index contributed by atoms with van der Waals surface area (Å²) in [7, 11) is -1.48. The highest BCUT2D eigenvalue weighted by Gasteiger charge is 2.23. The number of Topliss-reactive ketones (excluding diaryl/α,β-unsaturated/α-hetero) is 1. The summed E-state index contributed by atoms with van der Waals surface area (Å²) in [6.07, 6.45) is 1.62. The van der Waals surface area contributed by atoms with Crippen molar-refractivity contribution >= 4 is 18.4 Å². The second-order valence-corrected chi connectivity index (χ2v) is 3.57. The van der Waals surface area contributed by atoms with Gasteiger partial charge in [-0.1, -0.05) is 18.2 Å². The second-order valence-electron chi connectivity index (χ2n) is 3.57. The lowest BCUT2D eigenvalue weighted by Crippen LogP contribution is -2.36. The fraction of sp³-hybridized carbons (Fsp3) is 0.300. The maximum absolute atomic E-state index is 11.2. The molecule has 0 heterocycles. The Morgan fingerprint density at radius 2 is 2.00 bits per heavy atom. The highest BCUT2D eigenvalue weighted by Crippen LogP contribution is 2.17. The highest BCUT2D eigenvalue weighted by molar-refractivity contribution is 6.59. The van der Waals surface area contributed by atoms with E-state index in [2.05, 4.69) is 0 Å². The van der Waals surface area contributed by atoms with E-state index >= 15 is 0 Å². The minimum Gasteiger partial charge on any atom is -0.423 e. The zero-order valence-corrected chi connectivity index (χ0v) is 7.73. The first-order chi connectivity index (χ1) is 6.68. The summed E-state index contributed by atoms with van der Waals surface area (Å²) in [6.45, 7) is 0. The average molecular weight is 190 g/mol. The van der Waals surface area contributed by atoms with Crippen LogP contribution >= 0.6 is 0 Å². The van der Waals surface area contributed by atoms with Crippen molar-refractivity contribution in [3.05, 3.63) is 29.3 Å². The van der Waals surface area contributed by atoms with Gasteiger partial charge in [0, 0.05) is 12.8 Å². The zero-order chi connectivity index (χ0) is 10.1. The van der Waals surface area contributed by atoms with Gasteiger partial charge in [-0.3, -0.25) is 4.79 Å². The van der Waals surface area contributed by atoms with Crippen LogP contribution < -0.4 is 5.46 Å². The molecular weight excluding hydrogens is 179 g/mol. The van der Waals surface area contributed by atoms with E-state index in [0.717, 1.165) is 11.1 Å². The number of rotatable bonds is 1. The first kappa shape index (κ1) is 9.43. The van der Waals surface area contributed by atoms with Crippen molar-refractivity contribution < 1.29 is 14.8 Å². The Hall–Kier alpha value is -1.13. The Morgan fingerprint density at radius 3 is 2.71 bits per heavy atom. The van der Waals surface area contributed by atoms with Crippen molar-refractivity contribution in [2.24, 2.45) is 0 Å². The molecule has 0 atom stereocenters. The standard InChI is InChI=1S/C10H11BO3/c12-8-5-4-7-2-1-3-10(11(13)14)9(7)6-8/h1-3,13-14H,4-6H2. The molecule has 4 heteroatoms. The van der Waals surface area contributed by atoms with Gasteiger partial charge in [0.2, 0.25) is 0 Å². The number of aryl methyl sites for hydroxylation is 1. The number of benzene rings is 1. The van der Waals surface area contributed by atoms with Crippen LogP contribution in [-0.2, 0) is 17.6 Å². The van der Waals surface area contributed by atoms with Crippen LogP contribution in [0.25, 0.3) is 0 Å². The Balaban J connectivity index is 2.48. The lowest BCUT2D eigenvalue weighted by atomic mass is 9.72. The normalized spacial score (nSPS) is 15.1. The molecule has 0 fully saturated rings. The third-order valence-electron chi connectivity index (χ3n) is 2.63. The Bertz CT molecular complexity index is 374. The topological polar surface area (TPSA) is 57.5 Å². The molecule has 1 aromatic carbocycles. The molecule has 2 N–H and O–H groups in total. The zero-order valence-electron chi connectivity index (χ0n) is 7.73. The van der Waals surface area contributed by atoms with Gasteiger partial charge in [-0.15, -0.1) is 0 Å². The molecule has 72 valence electrons. The lowest BCUT2D eigenvalue weighted by molar-refractivity contribution is -0.118. The highest BCUT2D eigenvalue weighted by atomic mass is 16.4. The molecule has 0 aliphatic heterocycles. The molecule has 1 aromatic rings. The molecule has 0 radical (unpaired) electrons. The number of carbonyl (C=O) groups is 1. The van der Waals surface area contributed by atoms with Gasteiger partial charge in [0.05, 0.1) is 0 Å². The van der Waals surface area contributed by atoms with Crippen molar-refractivity contribution in [1.29, 1.82) is 0 Å². The third kappa shape index (κ3) is 1.58. The van der Waals surface area contributed by atoms with Crippen molar-refractivity contribution in [2.75, 3.05) is 0 Å². The summed E-state index contributed by atoms with van der Waals surface area (Å²) >= 11 is 0. The molecule has 3 nitrogen and oxygen atoms in total. The van der Waals surface area contributed by atoms with E-state index in [-0.39, 0.29) is 5.78 Å². The molecule has 1 aliphatic rings. The van der Waals surface area contributed by atoms with Crippen LogP contribution in [0.1, 0.15) is 17.5 Å². The molecule has 0 spiro atoms. The predicted molar refractivity (Wildman–Crippen MR) is 53.3 cm³/mol. The molecule has 0 saturated heterocycles. The second kappa shape index (κ2) is 3.56. The molecule has 0 unspecified atom stereocenters. The lowest BCUT2D eigenvalue weighted by Gasteiger charge is -2.18. The van der Waals surface area contributed by atoms with Gasteiger partial charge in [0.15, 0.2) is 0 Å².